The van der Waals surface area contributed by atoms with Crippen LogP contribution in [0.3, 0.4) is 0 Å². The number of carbonyl (C=O) groups excluding carboxylic acids is 1. The largest absolute Gasteiger partial charge is 0.490 e. The van der Waals surface area contributed by atoms with Crippen LogP contribution >= 0.6 is 0 Å². The van der Waals surface area contributed by atoms with Crippen LogP contribution < -0.4 is 10.5 Å². The van der Waals surface area contributed by atoms with Crippen LogP contribution in [-0.4, -0.2) is 43.7 Å². The number of imidazole rings is 2. The quantitative estimate of drug-likeness (QED) is 0.441. The smallest absolute Gasteiger partial charge is 0.254 e. The van der Waals surface area contributed by atoms with E-state index in [0.717, 1.165) is 22.2 Å². The number of fused-ring (bicyclic) bond motifs is 2. The number of H-pyrrole nitrogens is 1. The van der Waals surface area contributed by atoms with Gasteiger partial charge < -0.3 is 25.1 Å². The Kier molecular flexibility index (Phi) is 5.07. The maximum Gasteiger partial charge on any atom is 0.254 e. The van der Waals surface area contributed by atoms with Gasteiger partial charge in [-0.2, -0.15) is 0 Å². The highest BCUT2D eigenvalue weighted by atomic mass is 16.5. The number of aromatic nitrogens is 4. The summed E-state index contributed by atoms with van der Waals surface area (Å²) in [6, 6.07) is 8.46. The van der Waals surface area contributed by atoms with Crippen LogP contribution in [0.2, 0.25) is 0 Å². The van der Waals surface area contributed by atoms with Crippen LogP contribution in [0.15, 0.2) is 36.9 Å². The molecule has 0 spiro atoms. The molecule has 0 unspecified atom stereocenters. The first kappa shape index (κ1) is 19.6. The van der Waals surface area contributed by atoms with Gasteiger partial charge in [0.05, 0.1) is 41.3 Å². The maximum atomic E-state index is 12.1. The van der Waals surface area contributed by atoms with Crippen molar-refractivity contribution in [3.63, 3.8) is 0 Å². The van der Waals surface area contributed by atoms with Crippen molar-refractivity contribution in [2.24, 2.45) is 5.73 Å². The number of aliphatic hydroxyl groups excluding tert-OH is 1. The third-order valence-corrected chi connectivity index (χ3v) is 6.12. The Morgan fingerprint density at radius 2 is 2.06 bits per heavy atom. The summed E-state index contributed by atoms with van der Waals surface area (Å²) in [6.07, 6.45) is 9.72. The molecule has 0 aliphatic heterocycles. The van der Waals surface area contributed by atoms with Gasteiger partial charge in [-0.05, 0) is 36.6 Å². The van der Waals surface area contributed by atoms with Gasteiger partial charge >= 0.3 is 0 Å². The van der Waals surface area contributed by atoms with Gasteiger partial charge in [0, 0.05) is 11.6 Å². The first-order valence-electron chi connectivity index (χ1n) is 10.7. The van der Waals surface area contributed by atoms with Crippen molar-refractivity contribution in [2.45, 2.75) is 38.1 Å². The molecule has 2 heterocycles. The molecule has 4 aromatic rings. The molecular weight excluding hydrogens is 394 g/mol. The molecule has 0 radical (unpaired) electrons. The zero-order valence-electron chi connectivity index (χ0n) is 17.2. The second kappa shape index (κ2) is 8.03. The summed E-state index contributed by atoms with van der Waals surface area (Å²) in [5, 5.41) is 9.17. The summed E-state index contributed by atoms with van der Waals surface area (Å²) >= 11 is 0. The van der Waals surface area contributed by atoms with Crippen LogP contribution in [0, 0.1) is 0 Å². The second-order valence-corrected chi connectivity index (χ2v) is 8.01. The summed E-state index contributed by atoms with van der Waals surface area (Å²) in [5.74, 6) is -0.295. The van der Waals surface area contributed by atoms with Crippen molar-refractivity contribution in [1.29, 1.82) is 0 Å². The minimum Gasteiger partial charge on any atom is -0.490 e. The number of primary amides is 1. The number of benzene rings is 2. The van der Waals surface area contributed by atoms with E-state index in [0.29, 0.717) is 22.8 Å². The third kappa shape index (κ3) is 3.42. The van der Waals surface area contributed by atoms with Gasteiger partial charge in [0.25, 0.3) is 5.91 Å². The van der Waals surface area contributed by atoms with E-state index in [4.69, 9.17) is 10.5 Å². The molecule has 5 rings (SSSR count). The summed E-state index contributed by atoms with van der Waals surface area (Å²) < 4.78 is 7.94. The summed E-state index contributed by atoms with van der Waals surface area (Å²) in [6.45, 7) is -0.108. The molecule has 0 atom stereocenters. The predicted octanol–water partition coefficient (Wildman–Crippen LogP) is 3.55. The molecule has 0 saturated heterocycles. The number of nitrogens with two attached hydrogens (primary N) is 1. The van der Waals surface area contributed by atoms with Gasteiger partial charge in [-0.3, -0.25) is 4.79 Å². The van der Waals surface area contributed by atoms with Gasteiger partial charge in [-0.15, -0.1) is 0 Å². The van der Waals surface area contributed by atoms with Gasteiger partial charge in [-0.1, -0.05) is 25.3 Å². The number of carbonyl (C=O) groups is 1. The number of hydrogen-bond donors (Lipinski definition) is 3. The Morgan fingerprint density at radius 1 is 1.23 bits per heavy atom. The Balaban J connectivity index is 1.62. The molecule has 160 valence electrons. The second-order valence-electron chi connectivity index (χ2n) is 8.01. The molecule has 2 aromatic heterocycles. The van der Waals surface area contributed by atoms with Crippen molar-refractivity contribution in [3.8, 4) is 16.9 Å². The lowest BCUT2D eigenvalue weighted by Gasteiger charge is -2.23. The van der Waals surface area contributed by atoms with Crippen molar-refractivity contribution in [1.82, 2.24) is 19.5 Å². The first-order chi connectivity index (χ1) is 15.2. The number of nitrogens with zero attached hydrogens (tertiary/aromatic N) is 3. The van der Waals surface area contributed by atoms with Crippen LogP contribution in [0.5, 0.6) is 5.75 Å². The van der Waals surface area contributed by atoms with Crippen molar-refractivity contribution in [2.75, 3.05) is 13.2 Å². The minimum atomic E-state index is -0.615. The van der Waals surface area contributed by atoms with Crippen molar-refractivity contribution < 1.29 is 14.6 Å². The highest BCUT2D eigenvalue weighted by Gasteiger charge is 2.22. The molecule has 1 amide bonds. The first-order valence-corrected chi connectivity index (χ1v) is 10.7. The van der Waals surface area contributed by atoms with Gasteiger partial charge in [0.15, 0.2) is 0 Å². The average molecular weight is 419 g/mol. The van der Waals surface area contributed by atoms with E-state index in [-0.39, 0.29) is 18.8 Å². The Morgan fingerprint density at radius 3 is 2.84 bits per heavy atom. The molecule has 31 heavy (non-hydrogen) atoms. The Bertz CT molecular complexity index is 1250. The molecule has 1 aliphatic rings. The predicted molar refractivity (Wildman–Crippen MR) is 118 cm³/mol. The molecule has 0 bridgehead atoms. The fourth-order valence-electron chi connectivity index (χ4n) is 4.67. The lowest BCUT2D eigenvalue weighted by molar-refractivity contribution is 0.0996. The highest BCUT2D eigenvalue weighted by Crippen LogP contribution is 2.37. The summed E-state index contributed by atoms with van der Waals surface area (Å²) in [5.41, 5.74) is 10.8. The van der Waals surface area contributed by atoms with E-state index in [2.05, 4.69) is 25.6 Å². The van der Waals surface area contributed by atoms with E-state index in [1.165, 1.54) is 38.4 Å². The summed E-state index contributed by atoms with van der Waals surface area (Å²) in [7, 11) is 0. The number of aromatic amines is 1. The highest BCUT2D eigenvalue weighted by molar-refractivity contribution is 6.10. The standard InChI is InChI=1S/C23H25N5O3/c24-23(30)20-19(31-9-8-29)11-16(21-22(20)26-12-25-21)14-6-7-18-17(10-14)27-13-28(18)15-4-2-1-3-5-15/h6-7,10-13,15,29H,1-5,8-9H2,(H2,24,30)(H,25,26). The van der Waals surface area contributed by atoms with Crippen LogP contribution in [-0.2, 0) is 0 Å². The monoisotopic (exact) mass is 419 g/mol. The third-order valence-electron chi connectivity index (χ3n) is 6.12. The number of ether oxygens (including phenoxy) is 1. The zero-order chi connectivity index (χ0) is 21.4. The molecule has 4 N–H and O–H groups in total. The van der Waals surface area contributed by atoms with Crippen LogP contribution in [0.25, 0.3) is 33.2 Å². The van der Waals surface area contributed by atoms with Gasteiger partial charge in [0.1, 0.15) is 17.9 Å². The normalized spacial score (nSPS) is 15.0. The molecule has 8 heteroatoms. The van der Waals surface area contributed by atoms with Crippen molar-refractivity contribution in [3.05, 3.63) is 42.5 Å². The Labute approximate surface area is 179 Å². The van der Waals surface area contributed by atoms with E-state index in [9.17, 15) is 9.90 Å². The van der Waals surface area contributed by atoms with E-state index < -0.39 is 5.91 Å². The SMILES string of the molecule is NC(=O)c1c(OCCO)cc(-c2ccc3c(c2)ncn3C2CCCCC2)c2nc[nH]c12. The van der Waals surface area contributed by atoms with E-state index in [1.54, 1.807) is 6.07 Å². The molecule has 1 fully saturated rings. The summed E-state index contributed by atoms with van der Waals surface area (Å²) in [4.78, 5) is 24.2. The molecule has 8 nitrogen and oxygen atoms in total. The Hall–Kier alpha value is -3.39. The average Bonchev–Trinajstić information content (AvgIpc) is 3.44. The van der Waals surface area contributed by atoms with Gasteiger partial charge in [-0.25, -0.2) is 9.97 Å². The number of amides is 1. The molecule has 1 saturated carbocycles. The molecule has 2 aromatic carbocycles. The zero-order valence-corrected chi connectivity index (χ0v) is 17.2. The van der Waals surface area contributed by atoms with Crippen molar-refractivity contribution >= 4 is 28.0 Å². The minimum absolute atomic E-state index is 0.0597. The number of aliphatic hydroxyl groups is 1. The molecular formula is C23H25N5O3. The lowest BCUT2D eigenvalue weighted by atomic mass is 9.95. The number of nitrogens with one attached hydrogen (secondary N) is 1. The maximum absolute atomic E-state index is 12.1. The van der Waals surface area contributed by atoms with E-state index in [1.807, 2.05) is 18.5 Å². The fraction of sp³-hybridized carbons (Fsp3) is 0.348. The van der Waals surface area contributed by atoms with Crippen LogP contribution in [0.1, 0.15) is 48.5 Å². The van der Waals surface area contributed by atoms with Crippen LogP contribution in [0.4, 0.5) is 0 Å². The number of rotatable bonds is 6. The fourth-order valence-corrected chi connectivity index (χ4v) is 4.67. The molecule has 1 aliphatic carbocycles. The van der Waals surface area contributed by atoms with E-state index >= 15 is 0 Å². The lowest BCUT2D eigenvalue weighted by Crippen LogP contribution is -2.15. The van der Waals surface area contributed by atoms with Gasteiger partial charge in [0.2, 0.25) is 0 Å². The number of hydrogen-bond acceptors (Lipinski definition) is 5. The topological polar surface area (TPSA) is 119 Å².